The SMILES string of the molecule is CCCCCCCOC(=O)C(C(C)(C)C)[PH](C)(C)C. The van der Waals surface area contributed by atoms with Crippen LogP contribution in [0.5, 0.6) is 0 Å². The van der Waals surface area contributed by atoms with E-state index in [4.69, 9.17) is 4.74 Å². The van der Waals surface area contributed by atoms with Crippen LogP contribution >= 0.6 is 7.26 Å². The predicted octanol–water partition coefficient (Wildman–Crippen LogP) is 4.55. The van der Waals surface area contributed by atoms with E-state index in [2.05, 4.69) is 47.7 Å². The molecule has 0 bridgehead atoms. The molecule has 0 fully saturated rings. The molecule has 0 amide bonds. The minimum atomic E-state index is -1.54. The van der Waals surface area contributed by atoms with E-state index in [0.29, 0.717) is 6.61 Å². The molecule has 0 aromatic heterocycles. The monoisotopic (exact) mass is 290 g/mol. The number of hydrogen-bond acceptors (Lipinski definition) is 2. The number of ether oxygens (including phenoxy) is 1. The second kappa shape index (κ2) is 8.25. The van der Waals surface area contributed by atoms with Crippen LogP contribution in [0.25, 0.3) is 0 Å². The summed E-state index contributed by atoms with van der Waals surface area (Å²) in [4.78, 5) is 12.3. The van der Waals surface area contributed by atoms with Gasteiger partial charge in [0.15, 0.2) is 0 Å². The van der Waals surface area contributed by atoms with E-state index < -0.39 is 7.26 Å². The average molecular weight is 290 g/mol. The van der Waals surface area contributed by atoms with Gasteiger partial charge in [-0.1, -0.05) is 0 Å². The van der Waals surface area contributed by atoms with Crippen molar-refractivity contribution in [3.05, 3.63) is 0 Å². The molecule has 0 aromatic rings. The third-order valence-corrected chi connectivity index (χ3v) is 6.29. The molecule has 116 valence electrons. The topological polar surface area (TPSA) is 26.3 Å². The zero-order valence-corrected chi connectivity index (χ0v) is 15.1. The predicted molar refractivity (Wildman–Crippen MR) is 89.0 cm³/mol. The van der Waals surface area contributed by atoms with Crippen LogP contribution in [-0.4, -0.2) is 38.2 Å². The van der Waals surface area contributed by atoms with Crippen LogP contribution in [0.2, 0.25) is 0 Å². The zero-order valence-electron chi connectivity index (χ0n) is 14.1. The first-order valence-corrected chi connectivity index (χ1v) is 11.3. The van der Waals surface area contributed by atoms with Crippen molar-refractivity contribution in [2.45, 2.75) is 65.5 Å². The van der Waals surface area contributed by atoms with Crippen molar-refractivity contribution in [2.75, 3.05) is 26.6 Å². The van der Waals surface area contributed by atoms with Gasteiger partial charge < -0.3 is 0 Å². The molecule has 0 N–H and O–H groups in total. The summed E-state index contributed by atoms with van der Waals surface area (Å²) >= 11 is 0. The summed E-state index contributed by atoms with van der Waals surface area (Å²) < 4.78 is 5.53. The third kappa shape index (κ3) is 7.92. The van der Waals surface area contributed by atoms with Crippen LogP contribution in [0.4, 0.5) is 0 Å². The molecule has 0 radical (unpaired) electrons. The molecule has 0 aliphatic carbocycles. The molecule has 0 rings (SSSR count). The van der Waals surface area contributed by atoms with Gasteiger partial charge in [-0.05, 0) is 0 Å². The molecule has 0 spiro atoms. The quantitative estimate of drug-likeness (QED) is 0.372. The minimum absolute atomic E-state index is 0.00374. The standard InChI is InChI=1S/C16H35O2P/c1-8-9-10-11-12-13-18-15(17)14(16(2,3)4)19(5,6)7/h14,19H,8-13H2,1-7H3. The Balaban J connectivity index is 4.22. The Hall–Kier alpha value is -0.100. The molecule has 2 nitrogen and oxygen atoms in total. The van der Waals surface area contributed by atoms with Crippen molar-refractivity contribution in [2.24, 2.45) is 5.41 Å². The normalized spacial score (nSPS) is 15.1. The average Bonchev–Trinajstić information content (AvgIpc) is 2.18. The molecule has 0 saturated heterocycles. The van der Waals surface area contributed by atoms with Crippen molar-refractivity contribution in [3.8, 4) is 0 Å². The Morgan fingerprint density at radius 2 is 1.58 bits per heavy atom. The van der Waals surface area contributed by atoms with Gasteiger partial charge in [-0.15, -0.1) is 0 Å². The van der Waals surface area contributed by atoms with Crippen LogP contribution in [0.3, 0.4) is 0 Å². The molecule has 0 aliphatic heterocycles. The Bertz CT molecular complexity index is 247. The molecule has 1 unspecified atom stereocenters. The van der Waals surface area contributed by atoms with Crippen molar-refractivity contribution in [3.63, 3.8) is 0 Å². The van der Waals surface area contributed by atoms with Crippen molar-refractivity contribution in [1.29, 1.82) is 0 Å². The van der Waals surface area contributed by atoms with Gasteiger partial charge in [-0.25, -0.2) is 0 Å². The van der Waals surface area contributed by atoms with E-state index in [9.17, 15) is 4.79 Å². The van der Waals surface area contributed by atoms with Crippen LogP contribution in [0.15, 0.2) is 0 Å². The Labute approximate surface area is 121 Å². The number of unbranched alkanes of at least 4 members (excludes halogenated alkanes) is 4. The zero-order chi connectivity index (χ0) is 15.1. The van der Waals surface area contributed by atoms with Crippen molar-refractivity contribution < 1.29 is 9.53 Å². The summed E-state index contributed by atoms with van der Waals surface area (Å²) in [7, 11) is -1.54. The van der Waals surface area contributed by atoms with Gasteiger partial charge in [0.1, 0.15) is 0 Å². The Morgan fingerprint density at radius 1 is 1.05 bits per heavy atom. The molecule has 3 heteroatoms. The number of esters is 1. The summed E-state index contributed by atoms with van der Waals surface area (Å²) in [6, 6.07) is 0. The van der Waals surface area contributed by atoms with E-state index in [1.807, 2.05) is 0 Å². The van der Waals surface area contributed by atoms with Gasteiger partial charge in [-0.3, -0.25) is 0 Å². The molecular formula is C16H35O2P. The fourth-order valence-electron chi connectivity index (χ4n) is 2.97. The van der Waals surface area contributed by atoms with Gasteiger partial charge in [-0.2, -0.15) is 0 Å². The van der Waals surface area contributed by atoms with Gasteiger partial charge in [0.05, 0.1) is 0 Å². The first kappa shape index (κ1) is 18.9. The molecule has 0 aliphatic rings. The maximum absolute atomic E-state index is 12.3. The van der Waals surface area contributed by atoms with Gasteiger partial charge in [0, 0.05) is 0 Å². The van der Waals surface area contributed by atoms with Gasteiger partial charge >= 0.3 is 120 Å². The van der Waals surface area contributed by atoms with Crippen LogP contribution < -0.4 is 0 Å². The van der Waals surface area contributed by atoms with E-state index in [-0.39, 0.29) is 17.0 Å². The summed E-state index contributed by atoms with van der Waals surface area (Å²) in [6.45, 7) is 16.0. The second-order valence-electron chi connectivity index (χ2n) is 7.75. The summed E-state index contributed by atoms with van der Waals surface area (Å²) in [5, 5.41) is 0. The second-order valence-corrected chi connectivity index (χ2v) is 13.1. The van der Waals surface area contributed by atoms with E-state index in [0.717, 1.165) is 6.42 Å². The van der Waals surface area contributed by atoms with E-state index in [1.54, 1.807) is 0 Å². The number of hydrogen-bond donors (Lipinski definition) is 0. The van der Waals surface area contributed by atoms with E-state index in [1.165, 1.54) is 25.7 Å². The Morgan fingerprint density at radius 3 is 2.00 bits per heavy atom. The summed E-state index contributed by atoms with van der Waals surface area (Å²) in [6.07, 6.45) is 5.97. The molecule has 1 atom stereocenters. The molecular weight excluding hydrogens is 255 g/mol. The fourth-order valence-corrected chi connectivity index (χ4v) is 6.36. The first-order valence-electron chi connectivity index (χ1n) is 7.77. The molecule has 19 heavy (non-hydrogen) atoms. The molecule has 0 aromatic carbocycles. The van der Waals surface area contributed by atoms with E-state index >= 15 is 0 Å². The van der Waals surface area contributed by atoms with Gasteiger partial charge in [0.25, 0.3) is 0 Å². The Kier molecular flexibility index (Phi) is 8.20. The maximum atomic E-state index is 12.3. The first-order chi connectivity index (χ1) is 8.60. The van der Waals surface area contributed by atoms with Crippen LogP contribution in [0.1, 0.15) is 59.8 Å². The van der Waals surface area contributed by atoms with Crippen molar-refractivity contribution in [1.82, 2.24) is 0 Å². The van der Waals surface area contributed by atoms with Crippen LogP contribution in [0, 0.1) is 5.41 Å². The number of carbonyl (C=O) groups excluding carboxylic acids is 1. The molecule has 0 saturated carbocycles. The summed E-state index contributed by atoms with van der Waals surface area (Å²) in [5.41, 5.74) is 0.0830. The summed E-state index contributed by atoms with van der Waals surface area (Å²) in [5.74, 6) is 0.0298. The third-order valence-electron chi connectivity index (χ3n) is 3.46. The number of rotatable bonds is 8. The van der Waals surface area contributed by atoms with Crippen molar-refractivity contribution >= 4 is 13.2 Å². The van der Waals surface area contributed by atoms with Crippen LogP contribution in [-0.2, 0) is 9.53 Å². The van der Waals surface area contributed by atoms with Gasteiger partial charge in [0.2, 0.25) is 0 Å². The molecule has 0 heterocycles. The fraction of sp³-hybridized carbons (Fsp3) is 0.938. The number of carbonyl (C=O) groups is 1.